The van der Waals surface area contributed by atoms with Crippen molar-refractivity contribution in [1.82, 2.24) is 5.32 Å². The van der Waals surface area contributed by atoms with Crippen molar-refractivity contribution in [3.63, 3.8) is 0 Å². The molecule has 1 aromatic carbocycles. The Kier molecular flexibility index (Phi) is 7.73. The number of nitrogens with one attached hydrogen (secondary N) is 1. The molecule has 0 aliphatic carbocycles. The number of rotatable bonds is 9. The fraction of sp³-hybridized carbons (Fsp3) is 0.600. The second-order valence-electron chi connectivity index (χ2n) is 4.63. The van der Waals surface area contributed by atoms with Crippen molar-refractivity contribution in [2.24, 2.45) is 0 Å². The highest BCUT2D eigenvalue weighted by atomic mass is 35.5. The molecule has 4 nitrogen and oxygen atoms in total. The SMILES string of the molecule is CCCOc1c(Cl)cc(CN[C@@H](CC)CO)cc1OC. The van der Waals surface area contributed by atoms with Gasteiger partial charge in [-0.1, -0.05) is 25.4 Å². The van der Waals surface area contributed by atoms with E-state index in [1.54, 1.807) is 7.11 Å². The Labute approximate surface area is 126 Å². The predicted octanol–water partition coefficient (Wildman–Crippen LogP) is 3.00. The van der Waals surface area contributed by atoms with Crippen molar-refractivity contribution in [3.05, 3.63) is 22.7 Å². The van der Waals surface area contributed by atoms with Crippen molar-refractivity contribution in [3.8, 4) is 11.5 Å². The molecule has 0 saturated heterocycles. The lowest BCUT2D eigenvalue weighted by Gasteiger charge is -2.16. The van der Waals surface area contributed by atoms with E-state index in [2.05, 4.69) is 5.32 Å². The van der Waals surface area contributed by atoms with Crippen LogP contribution in [0.15, 0.2) is 12.1 Å². The second kappa shape index (κ2) is 9.06. The molecule has 5 heteroatoms. The van der Waals surface area contributed by atoms with Gasteiger partial charge in [0.25, 0.3) is 0 Å². The van der Waals surface area contributed by atoms with E-state index in [0.29, 0.717) is 29.7 Å². The quantitative estimate of drug-likeness (QED) is 0.736. The van der Waals surface area contributed by atoms with Crippen LogP contribution in [-0.2, 0) is 6.54 Å². The molecular weight excluding hydrogens is 278 g/mol. The maximum Gasteiger partial charge on any atom is 0.179 e. The molecular formula is C15H24ClNO3. The highest BCUT2D eigenvalue weighted by Crippen LogP contribution is 2.36. The molecule has 0 aliphatic heterocycles. The Morgan fingerprint density at radius 2 is 2.10 bits per heavy atom. The van der Waals surface area contributed by atoms with Crippen LogP contribution in [0.5, 0.6) is 11.5 Å². The Hall–Kier alpha value is -0.970. The third-order valence-electron chi connectivity index (χ3n) is 3.05. The molecule has 0 heterocycles. The highest BCUT2D eigenvalue weighted by Gasteiger charge is 2.12. The highest BCUT2D eigenvalue weighted by molar-refractivity contribution is 6.32. The van der Waals surface area contributed by atoms with E-state index >= 15 is 0 Å². The molecule has 0 unspecified atom stereocenters. The molecule has 0 saturated carbocycles. The Morgan fingerprint density at radius 3 is 2.65 bits per heavy atom. The van der Waals surface area contributed by atoms with E-state index < -0.39 is 0 Å². The number of methoxy groups -OCH3 is 1. The number of ether oxygens (including phenoxy) is 2. The van der Waals surface area contributed by atoms with Crippen LogP contribution in [0.3, 0.4) is 0 Å². The Bertz CT molecular complexity index is 408. The summed E-state index contributed by atoms with van der Waals surface area (Å²) in [5.41, 5.74) is 1.00. The van der Waals surface area contributed by atoms with E-state index in [4.69, 9.17) is 26.2 Å². The number of benzene rings is 1. The van der Waals surface area contributed by atoms with Gasteiger partial charge >= 0.3 is 0 Å². The van der Waals surface area contributed by atoms with Gasteiger partial charge in [0.2, 0.25) is 0 Å². The summed E-state index contributed by atoms with van der Waals surface area (Å²) < 4.78 is 11.0. The predicted molar refractivity (Wildman–Crippen MR) is 81.8 cm³/mol. The minimum absolute atomic E-state index is 0.0933. The molecule has 1 rings (SSSR count). The molecule has 1 atom stereocenters. The number of halogens is 1. The molecule has 1 aromatic rings. The van der Waals surface area contributed by atoms with Crippen LogP contribution in [0.1, 0.15) is 32.3 Å². The van der Waals surface area contributed by atoms with Gasteiger partial charge in [0.05, 0.1) is 25.3 Å². The monoisotopic (exact) mass is 301 g/mol. The topological polar surface area (TPSA) is 50.7 Å². The lowest BCUT2D eigenvalue weighted by molar-refractivity contribution is 0.238. The van der Waals surface area contributed by atoms with E-state index in [1.807, 2.05) is 26.0 Å². The molecule has 0 spiro atoms. The van der Waals surface area contributed by atoms with Crippen LogP contribution in [0.25, 0.3) is 0 Å². The van der Waals surface area contributed by atoms with Crippen molar-refractivity contribution in [2.45, 2.75) is 39.3 Å². The first-order valence-corrected chi connectivity index (χ1v) is 7.37. The Balaban J connectivity index is 2.81. The van der Waals surface area contributed by atoms with E-state index in [0.717, 1.165) is 18.4 Å². The van der Waals surface area contributed by atoms with E-state index in [1.165, 1.54) is 0 Å². The zero-order chi connectivity index (χ0) is 15.0. The molecule has 0 aliphatic rings. The van der Waals surface area contributed by atoms with Gasteiger partial charge in [-0.2, -0.15) is 0 Å². The first-order valence-electron chi connectivity index (χ1n) is 6.99. The molecule has 0 radical (unpaired) electrons. The van der Waals surface area contributed by atoms with Crippen LogP contribution in [0, 0.1) is 0 Å². The first kappa shape index (κ1) is 17.1. The summed E-state index contributed by atoms with van der Waals surface area (Å²) in [6.45, 7) is 5.43. The van der Waals surface area contributed by atoms with Crippen molar-refractivity contribution in [2.75, 3.05) is 20.3 Å². The van der Waals surface area contributed by atoms with Gasteiger partial charge < -0.3 is 19.9 Å². The average Bonchev–Trinajstić information content (AvgIpc) is 2.46. The second-order valence-corrected chi connectivity index (χ2v) is 5.03. The van der Waals surface area contributed by atoms with Crippen LogP contribution in [0.2, 0.25) is 5.02 Å². The van der Waals surface area contributed by atoms with Gasteiger partial charge in [-0.05, 0) is 30.5 Å². The molecule has 0 amide bonds. The van der Waals surface area contributed by atoms with Crippen LogP contribution >= 0.6 is 11.6 Å². The minimum atomic E-state index is 0.0933. The summed E-state index contributed by atoms with van der Waals surface area (Å²) in [6.07, 6.45) is 1.79. The maximum absolute atomic E-state index is 9.17. The van der Waals surface area contributed by atoms with Crippen molar-refractivity contribution < 1.29 is 14.6 Å². The lowest BCUT2D eigenvalue weighted by atomic mass is 10.1. The molecule has 0 fully saturated rings. The normalized spacial score (nSPS) is 12.2. The van der Waals surface area contributed by atoms with Crippen LogP contribution in [-0.4, -0.2) is 31.5 Å². The van der Waals surface area contributed by atoms with E-state index in [9.17, 15) is 0 Å². The molecule has 20 heavy (non-hydrogen) atoms. The lowest BCUT2D eigenvalue weighted by Crippen LogP contribution is -2.31. The van der Waals surface area contributed by atoms with Gasteiger partial charge in [-0.25, -0.2) is 0 Å². The zero-order valence-corrected chi connectivity index (χ0v) is 13.2. The van der Waals surface area contributed by atoms with Crippen LogP contribution in [0.4, 0.5) is 0 Å². The zero-order valence-electron chi connectivity index (χ0n) is 12.4. The molecule has 114 valence electrons. The summed E-state index contributed by atoms with van der Waals surface area (Å²) in [5.74, 6) is 1.23. The van der Waals surface area contributed by atoms with Gasteiger partial charge in [0.1, 0.15) is 0 Å². The molecule has 2 N–H and O–H groups in total. The number of aliphatic hydroxyl groups is 1. The molecule has 0 aromatic heterocycles. The number of hydrogen-bond donors (Lipinski definition) is 2. The fourth-order valence-electron chi connectivity index (χ4n) is 1.82. The van der Waals surface area contributed by atoms with Crippen molar-refractivity contribution >= 4 is 11.6 Å². The van der Waals surface area contributed by atoms with Gasteiger partial charge in [0.15, 0.2) is 11.5 Å². The summed E-state index contributed by atoms with van der Waals surface area (Å²) in [6, 6.07) is 3.87. The molecule has 0 bridgehead atoms. The van der Waals surface area contributed by atoms with Gasteiger partial charge in [-0.15, -0.1) is 0 Å². The number of aliphatic hydroxyl groups excluding tert-OH is 1. The summed E-state index contributed by atoms with van der Waals surface area (Å²) in [5, 5.41) is 13.0. The first-order chi connectivity index (χ1) is 9.65. The summed E-state index contributed by atoms with van der Waals surface area (Å²) in [7, 11) is 1.60. The summed E-state index contributed by atoms with van der Waals surface area (Å²) >= 11 is 6.25. The minimum Gasteiger partial charge on any atom is -0.493 e. The Morgan fingerprint density at radius 1 is 1.35 bits per heavy atom. The summed E-state index contributed by atoms with van der Waals surface area (Å²) in [4.78, 5) is 0. The maximum atomic E-state index is 9.17. The third kappa shape index (κ3) is 4.85. The van der Waals surface area contributed by atoms with Gasteiger partial charge in [-0.3, -0.25) is 0 Å². The standard InChI is InChI=1S/C15H24ClNO3/c1-4-6-20-15-13(16)7-11(8-14(15)19-3)9-17-12(5-2)10-18/h7-8,12,17-18H,4-6,9-10H2,1-3H3/t12-/m0/s1. The van der Waals surface area contributed by atoms with Gasteiger partial charge in [0, 0.05) is 12.6 Å². The largest absolute Gasteiger partial charge is 0.493 e. The average molecular weight is 302 g/mol. The van der Waals surface area contributed by atoms with Crippen molar-refractivity contribution in [1.29, 1.82) is 0 Å². The third-order valence-corrected chi connectivity index (χ3v) is 3.33. The fourth-order valence-corrected chi connectivity index (χ4v) is 2.11. The number of hydrogen-bond acceptors (Lipinski definition) is 4. The van der Waals surface area contributed by atoms with E-state index in [-0.39, 0.29) is 12.6 Å². The van der Waals surface area contributed by atoms with Crippen LogP contribution < -0.4 is 14.8 Å². The smallest absolute Gasteiger partial charge is 0.179 e.